The van der Waals surface area contributed by atoms with E-state index in [9.17, 15) is 0 Å². The van der Waals surface area contributed by atoms with Crippen LogP contribution in [0.1, 0.15) is 33.1 Å². The zero-order valence-corrected chi connectivity index (χ0v) is 12.1. The van der Waals surface area contributed by atoms with E-state index >= 15 is 0 Å². The molecule has 5 nitrogen and oxygen atoms in total. The number of aromatic nitrogens is 3. The molecule has 104 valence electrons. The fraction of sp³-hybridized carbons (Fsp3) is 0.571. The SMILES string of the molecule is CCCCCN(C)c1nc(NCC)cn2ccnc12. The second-order valence-corrected chi connectivity index (χ2v) is 4.77. The van der Waals surface area contributed by atoms with Gasteiger partial charge >= 0.3 is 0 Å². The van der Waals surface area contributed by atoms with E-state index in [0.29, 0.717) is 0 Å². The van der Waals surface area contributed by atoms with Gasteiger partial charge in [0.2, 0.25) is 0 Å². The second kappa shape index (κ2) is 6.41. The summed E-state index contributed by atoms with van der Waals surface area (Å²) in [5, 5.41) is 3.27. The van der Waals surface area contributed by atoms with Crippen molar-refractivity contribution in [2.75, 3.05) is 30.4 Å². The first-order chi connectivity index (χ1) is 9.26. The van der Waals surface area contributed by atoms with Gasteiger partial charge in [-0.2, -0.15) is 0 Å². The summed E-state index contributed by atoms with van der Waals surface area (Å²) in [5.41, 5.74) is 0.917. The third kappa shape index (κ3) is 3.16. The predicted octanol–water partition coefficient (Wildman–Crippen LogP) is 2.79. The fourth-order valence-electron chi connectivity index (χ4n) is 2.14. The maximum Gasteiger partial charge on any atom is 0.180 e. The van der Waals surface area contributed by atoms with Gasteiger partial charge in [-0.1, -0.05) is 19.8 Å². The van der Waals surface area contributed by atoms with Crippen LogP contribution in [0.25, 0.3) is 5.65 Å². The fourth-order valence-corrected chi connectivity index (χ4v) is 2.14. The highest BCUT2D eigenvalue weighted by molar-refractivity contribution is 5.66. The number of hydrogen-bond donors (Lipinski definition) is 1. The Morgan fingerprint density at radius 1 is 1.32 bits per heavy atom. The summed E-state index contributed by atoms with van der Waals surface area (Å²) in [4.78, 5) is 11.3. The van der Waals surface area contributed by atoms with Crippen molar-refractivity contribution >= 4 is 17.3 Å². The molecular formula is C14H23N5. The Morgan fingerprint density at radius 2 is 2.16 bits per heavy atom. The molecule has 0 aliphatic carbocycles. The van der Waals surface area contributed by atoms with Gasteiger partial charge in [-0.25, -0.2) is 9.97 Å². The topological polar surface area (TPSA) is 45.5 Å². The summed E-state index contributed by atoms with van der Waals surface area (Å²) in [7, 11) is 2.09. The molecule has 2 heterocycles. The first-order valence-corrected chi connectivity index (χ1v) is 7.05. The molecule has 0 spiro atoms. The van der Waals surface area contributed by atoms with Crippen molar-refractivity contribution in [2.45, 2.75) is 33.1 Å². The molecule has 0 bridgehead atoms. The quantitative estimate of drug-likeness (QED) is 0.778. The highest BCUT2D eigenvalue weighted by Gasteiger charge is 2.11. The summed E-state index contributed by atoms with van der Waals surface area (Å²) < 4.78 is 2.02. The van der Waals surface area contributed by atoms with Gasteiger partial charge in [-0.3, -0.25) is 0 Å². The Labute approximate surface area is 114 Å². The van der Waals surface area contributed by atoms with Gasteiger partial charge in [0, 0.05) is 32.5 Å². The van der Waals surface area contributed by atoms with Crippen LogP contribution in [0.5, 0.6) is 0 Å². The van der Waals surface area contributed by atoms with Crippen LogP contribution in [0.3, 0.4) is 0 Å². The van der Waals surface area contributed by atoms with E-state index in [4.69, 9.17) is 0 Å². The molecule has 0 aromatic carbocycles. The Hall–Kier alpha value is -1.78. The molecule has 2 aromatic heterocycles. The Balaban J connectivity index is 2.26. The lowest BCUT2D eigenvalue weighted by Crippen LogP contribution is -2.21. The van der Waals surface area contributed by atoms with Crippen molar-refractivity contribution in [3.63, 3.8) is 0 Å². The third-order valence-corrected chi connectivity index (χ3v) is 3.17. The highest BCUT2D eigenvalue weighted by atomic mass is 15.2. The van der Waals surface area contributed by atoms with Crippen molar-refractivity contribution < 1.29 is 0 Å². The van der Waals surface area contributed by atoms with E-state index in [1.807, 2.05) is 23.0 Å². The normalized spacial score (nSPS) is 10.9. The molecule has 2 aromatic rings. The smallest absolute Gasteiger partial charge is 0.180 e. The zero-order valence-electron chi connectivity index (χ0n) is 12.1. The van der Waals surface area contributed by atoms with E-state index in [-0.39, 0.29) is 0 Å². The molecular weight excluding hydrogens is 238 g/mol. The lowest BCUT2D eigenvalue weighted by Gasteiger charge is -2.19. The van der Waals surface area contributed by atoms with E-state index in [1.165, 1.54) is 19.3 Å². The lowest BCUT2D eigenvalue weighted by atomic mass is 10.2. The Bertz CT molecular complexity index is 520. The van der Waals surface area contributed by atoms with Gasteiger partial charge in [0.15, 0.2) is 11.5 Å². The van der Waals surface area contributed by atoms with E-state index < -0.39 is 0 Å². The van der Waals surface area contributed by atoms with Gasteiger partial charge in [0.25, 0.3) is 0 Å². The third-order valence-electron chi connectivity index (χ3n) is 3.17. The highest BCUT2D eigenvalue weighted by Crippen LogP contribution is 2.20. The number of unbranched alkanes of at least 4 members (excludes halogenated alkanes) is 2. The monoisotopic (exact) mass is 261 g/mol. The number of imidazole rings is 1. The molecule has 19 heavy (non-hydrogen) atoms. The Morgan fingerprint density at radius 3 is 2.89 bits per heavy atom. The van der Waals surface area contributed by atoms with Crippen molar-refractivity contribution in [3.05, 3.63) is 18.6 Å². The molecule has 2 rings (SSSR count). The number of anilines is 2. The van der Waals surface area contributed by atoms with Crippen LogP contribution in [0, 0.1) is 0 Å². The van der Waals surface area contributed by atoms with E-state index in [2.05, 4.69) is 41.1 Å². The van der Waals surface area contributed by atoms with Gasteiger partial charge in [0.05, 0.1) is 6.20 Å². The number of nitrogens with zero attached hydrogens (tertiary/aromatic N) is 4. The minimum absolute atomic E-state index is 0.867. The average molecular weight is 261 g/mol. The van der Waals surface area contributed by atoms with Gasteiger partial charge in [-0.15, -0.1) is 0 Å². The molecule has 0 atom stereocenters. The van der Waals surface area contributed by atoms with Crippen LogP contribution >= 0.6 is 0 Å². The minimum Gasteiger partial charge on any atom is -0.369 e. The van der Waals surface area contributed by atoms with Gasteiger partial charge in [-0.05, 0) is 13.3 Å². The predicted molar refractivity (Wildman–Crippen MR) is 79.9 cm³/mol. The molecule has 0 aliphatic heterocycles. The number of hydrogen-bond acceptors (Lipinski definition) is 4. The van der Waals surface area contributed by atoms with Crippen molar-refractivity contribution in [3.8, 4) is 0 Å². The summed E-state index contributed by atoms with van der Waals surface area (Å²) in [6, 6.07) is 0. The summed E-state index contributed by atoms with van der Waals surface area (Å²) >= 11 is 0. The molecule has 0 unspecified atom stereocenters. The second-order valence-electron chi connectivity index (χ2n) is 4.77. The molecule has 0 aliphatic rings. The van der Waals surface area contributed by atoms with Crippen molar-refractivity contribution in [2.24, 2.45) is 0 Å². The average Bonchev–Trinajstić information content (AvgIpc) is 2.86. The van der Waals surface area contributed by atoms with Gasteiger partial charge in [0.1, 0.15) is 5.82 Å². The largest absolute Gasteiger partial charge is 0.369 e. The first kappa shape index (κ1) is 13.6. The van der Waals surface area contributed by atoms with E-state index in [0.717, 1.165) is 30.4 Å². The maximum atomic E-state index is 4.67. The zero-order chi connectivity index (χ0) is 13.7. The lowest BCUT2D eigenvalue weighted by molar-refractivity contribution is 0.701. The summed E-state index contributed by atoms with van der Waals surface area (Å²) in [5.74, 6) is 1.84. The van der Waals surface area contributed by atoms with Crippen LogP contribution < -0.4 is 10.2 Å². The maximum absolute atomic E-state index is 4.67. The molecule has 0 radical (unpaired) electrons. The molecule has 0 fully saturated rings. The summed E-state index contributed by atoms with van der Waals surface area (Å²) in [6.07, 6.45) is 9.43. The Kier molecular flexibility index (Phi) is 4.60. The number of fused-ring (bicyclic) bond motifs is 1. The van der Waals surface area contributed by atoms with Crippen LogP contribution in [0.2, 0.25) is 0 Å². The molecule has 5 heteroatoms. The standard InChI is InChI=1S/C14H23N5/c1-4-6-7-9-18(3)14-13-16-8-10-19(13)11-12(17-14)15-5-2/h8,10-11,15H,4-7,9H2,1-3H3. The summed E-state index contributed by atoms with van der Waals surface area (Å²) in [6.45, 7) is 6.17. The first-order valence-electron chi connectivity index (χ1n) is 7.05. The van der Waals surface area contributed by atoms with Gasteiger partial charge < -0.3 is 14.6 Å². The number of nitrogens with one attached hydrogen (secondary N) is 1. The molecule has 0 saturated heterocycles. The van der Waals surface area contributed by atoms with Crippen LogP contribution in [-0.4, -0.2) is 34.5 Å². The molecule has 0 saturated carbocycles. The molecule has 1 N–H and O–H groups in total. The number of rotatable bonds is 7. The van der Waals surface area contributed by atoms with Crippen LogP contribution in [0.4, 0.5) is 11.6 Å². The molecule has 0 amide bonds. The van der Waals surface area contributed by atoms with Crippen molar-refractivity contribution in [1.29, 1.82) is 0 Å². The van der Waals surface area contributed by atoms with Crippen molar-refractivity contribution in [1.82, 2.24) is 14.4 Å². The van der Waals surface area contributed by atoms with Crippen LogP contribution in [-0.2, 0) is 0 Å². The van der Waals surface area contributed by atoms with E-state index in [1.54, 1.807) is 0 Å². The van der Waals surface area contributed by atoms with Crippen LogP contribution in [0.15, 0.2) is 18.6 Å². The minimum atomic E-state index is 0.867.